The smallest absolute Gasteiger partial charge is 0.137 e. The van der Waals surface area contributed by atoms with Crippen LogP contribution in [0.3, 0.4) is 0 Å². The number of rotatable bonds is 7. The molecule has 268 valence electrons. The average Bonchev–Trinajstić information content (AvgIpc) is 3.83. The van der Waals surface area contributed by atoms with E-state index in [0.717, 1.165) is 44.7 Å². The fourth-order valence-corrected chi connectivity index (χ4v) is 8.50. The lowest BCUT2D eigenvalue weighted by atomic mass is 9.99. The highest BCUT2D eigenvalue weighted by molar-refractivity contribution is 6.16. The Morgan fingerprint density at radius 3 is 1.53 bits per heavy atom. The van der Waals surface area contributed by atoms with Crippen molar-refractivity contribution in [1.82, 2.24) is 4.57 Å². The van der Waals surface area contributed by atoms with Crippen LogP contribution in [0.5, 0.6) is 0 Å². The standard InChI is InChI=1S/C54H36N2O/c1-3-12-37(13-4-1)39-22-28-42(29-23-39)55(45-34-35-48-47-16-8-10-21-52(47)57-53(48)36-45)43-32-26-41(27-33-43)46-18-11-20-51-54(46)49-17-7-9-19-50(49)56(51)44-30-24-40(25-31-44)38-14-5-2-6-15-38/h1-36H. The molecule has 9 aromatic carbocycles. The molecule has 0 bridgehead atoms. The van der Waals surface area contributed by atoms with Crippen molar-refractivity contribution in [3.05, 3.63) is 218 Å². The Balaban J connectivity index is 1.02. The van der Waals surface area contributed by atoms with Crippen LogP contribution in [-0.4, -0.2) is 4.57 Å². The summed E-state index contributed by atoms with van der Waals surface area (Å²) < 4.78 is 8.77. The molecule has 11 rings (SSSR count). The molecule has 3 nitrogen and oxygen atoms in total. The van der Waals surface area contributed by atoms with E-state index in [1.165, 1.54) is 55.2 Å². The van der Waals surface area contributed by atoms with E-state index in [1.807, 2.05) is 12.1 Å². The molecular formula is C54H36N2O. The number of hydrogen-bond acceptors (Lipinski definition) is 2. The zero-order chi connectivity index (χ0) is 37.7. The molecule has 0 unspecified atom stereocenters. The summed E-state index contributed by atoms with van der Waals surface area (Å²) in [5.41, 5.74) is 15.6. The number of anilines is 3. The van der Waals surface area contributed by atoms with Gasteiger partial charge in [0.15, 0.2) is 0 Å². The molecule has 0 saturated carbocycles. The lowest BCUT2D eigenvalue weighted by molar-refractivity contribution is 0.669. The van der Waals surface area contributed by atoms with E-state index in [1.54, 1.807) is 0 Å². The zero-order valence-corrected chi connectivity index (χ0v) is 31.1. The second-order valence-corrected chi connectivity index (χ2v) is 14.5. The second kappa shape index (κ2) is 13.6. The molecule has 0 spiro atoms. The Bertz CT molecular complexity index is 3200. The zero-order valence-electron chi connectivity index (χ0n) is 31.1. The minimum atomic E-state index is 0.869. The minimum absolute atomic E-state index is 0.869. The number of benzene rings is 9. The van der Waals surface area contributed by atoms with Crippen LogP contribution in [0.15, 0.2) is 223 Å². The molecule has 57 heavy (non-hydrogen) atoms. The van der Waals surface area contributed by atoms with Crippen LogP contribution >= 0.6 is 0 Å². The molecule has 2 aromatic heterocycles. The fraction of sp³-hybridized carbons (Fsp3) is 0. The van der Waals surface area contributed by atoms with E-state index in [-0.39, 0.29) is 0 Å². The van der Waals surface area contributed by atoms with E-state index in [9.17, 15) is 0 Å². The van der Waals surface area contributed by atoms with E-state index < -0.39 is 0 Å². The van der Waals surface area contributed by atoms with Crippen molar-refractivity contribution >= 4 is 60.8 Å². The van der Waals surface area contributed by atoms with Crippen LogP contribution in [0.1, 0.15) is 0 Å². The van der Waals surface area contributed by atoms with Gasteiger partial charge in [0, 0.05) is 50.4 Å². The van der Waals surface area contributed by atoms with Crippen LogP contribution in [0.25, 0.3) is 82.8 Å². The van der Waals surface area contributed by atoms with Gasteiger partial charge in [-0.15, -0.1) is 0 Å². The van der Waals surface area contributed by atoms with Crippen molar-refractivity contribution in [3.63, 3.8) is 0 Å². The maximum atomic E-state index is 6.38. The summed E-state index contributed by atoms with van der Waals surface area (Å²) in [4.78, 5) is 2.32. The molecule has 0 saturated heterocycles. The first-order valence-electron chi connectivity index (χ1n) is 19.4. The summed E-state index contributed by atoms with van der Waals surface area (Å²) in [6, 6.07) is 78.1. The highest BCUT2D eigenvalue weighted by atomic mass is 16.3. The van der Waals surface area contributed by atoms with Gasteiger partial charge in [-0.1, -0.05) is 146 Å². The van der Waals surface area contributed by atoms with Gasteiger partial charge in [-0.3, -0.25) is 0 Å². The SMILES string of the molecule is c1ccc(-c2ccc(N(c3ccc(-c4cccc5c4c4ccccc4n5-c4ccc(-c5ccccc5)cc4)cc3)c3ccc4c(c3)oc3ccccc34)cc2)cc1. The molecule has 0 radical (unpaired) electrons. The molecule has 3 heteroatoms. The molecule has 0 aliphatic rings. The van der Waals surface area contributed by atoms with E-state index in [2.05, 4.69) is 216 Å². The van der Waals surface area contributed by atoms with Crippen LogP contribution in [0, 0.1) is 0 Å². The van der Waals surface area contributed by atoms with Gasteiger partial charge in [0.1, 0.15) is 11.2 Å². The number of furan rings is 1. The van der Waals surface area contributed by atoms with Crippen molar-refractivity contribution < 1.29 is 4.42 Å². The topological polar surface area (TPSA) is 21.3 Å². The van der Waals surface area contributed by atoms with Crippen molar-refractivity contribution in [2.45, 2.75) is 0 Å². The summed E-state index contributed by atoms with van der Waals surface area (Å²) in [5, 5.41) is 4.72. The minimum Gasteiger partial charge on any atom is -0.456 e. The van der Waals surface area contributed by atoms with Gasteiger partial charge in [-0.25, -0.2) is 0 Å². The summed E-state index contributed by atoms with van der Waals surface area (Å²) in [5.74, 6) is 0. The predicted molar refractivity (Wildman–Crippen MR) is 239 cm³/mol. The number of fused-ring (bicyclic) bond motifs is 6. The average molecular weight is 729 g/mol. The molecule has 0 N–H and O–H groups in total. The highest BCUT2D eigenvalue weighted by Gasteiger charge is 2.19. The second-order valence-electron chi connectivity index (χ2n) is 14.5. The number of nitrogens with zero attached hydrogens (tertiary/aromatic N) is 2. The van der Waals surface area contributed by atoms with Crippen LogP contribution in [0.2, 0.25) is 0 Å². The van der Waals surface area contributed by atoms with Gasteiger partial charge in [0.05, 0.1) is 11.0 Å². The quantitative estimate of drug-likeness (QED) is 0.163. The van der Waals surface area contributed by atoms with Crippen molar-refractivity contribution in [1.29, 1.82) is 0 Å². The first-order chi connectivity index (χ1) is 28.3. The van der Waals surface area contributed by atoms with E-state index in [4.69, 9.17) is 4.42 Å². The lowest BCUT2D eigenvalue weighted by Gasteiger charge is -2.26. The summed E-state index contributed by atoms with van der Waals surface area (Å²) in [6.45, 7) is 0. The van der Waals surface area contributed by atoms with E-state index >= 15 is 0 Å². The van der Waals surface area contributed by atoms with Crippen LogP contribution in [-0.2, 0) is 0 Å². The molecule has 0 aliphatic carbocycles. The number of hydrogen-bond donors (Lipinski definition) is 0. The van der Waals surface area contributed by atoms with Gasteiger partial charge < -0.3 is 13.9 Å². The fourth-order valence-electron chi connectivity index (χ4n) is 8.50. The van der Waals surface area contributed by atoms with Gasteiger partial charge in [-0.2, -0.15) is 0 Å². The maximum absolute atomic E-state index is 6.38. The molecule has 0 aliphatic heterocycles. The third-order valence-corrected chi connectivity index (χ3v) is 11.2. The van der Waals surface area contributed by atoms with Crippen molar-refractivity contribution in [2.75, 3.05) is 4.90 Å². The Hall–Kier alpha value is -7.62. The third-order valence-electron chi connectivity index (χ3n) is 11.2. The van der Waals surface area contributed by atoms with Crippen molar-refractivity contribution in [3.8, 4) is 39.1 Å². The van der Waals surface area contributed by atoms with Crippen molar-refractivity contribution in [2.24, 2.45) is 0 Å². The third kappa shape index (κ3) is 5.68. The van der Waals surface area contributed by atoms with Crippen LogP contribution in [0.4, 0.5) is 17.1 Å². The monoisotopic (exact) mass is 728 g/mol. The Labute approximate surface area is 330 Å². The molecular weight excluding hydrogens is 693 g/mol. The summed E-state index contributed by atoms with van der Waals surface area (Å²) >= 11 is 0. The van der Waals surface area contributed by atoms with Gasteiger partial charge in [0.2, 0.25) is 0 Å². The largest absolute Gasteiger partial charge is 0.456 e. The van der Waals surface area contributed by atoms with Crippen LogP contribution < -0.4 is 4.90 Å². The molecule has 0 amide bonds. The maximum Gasteiger partial charge on any atom is 0.137 e. The predicted octanol–water partition coefficient (Wildman–Crippen LogP) is 15.2. The lowest BCUT2D eigenvalue weighted by Crippen LogP contribution is -2.09. The summed E-state index contributed by atoms with van der Waals surface area (Å²) in [6.07, 6.45) is 0. The van der Waals surface area contributed by atoms with E-state index in [0.29, 0.717) is 0 Å². The summed E-state index contributed by atoms with van der Waals surface area (Å²) in [7, 11) is 0. The van der Waals surface area contributed by atoms with Gasteiger partial charge in [0.25, 0.3) is 0 Å². The Morgan fingerprint density at radius 1 is 0.333 bits per heavy atom. The number of aromatic nitrogens is 1. The highest BCUT2D eigenvalue weighted by Crippen LogP contribution is 2.42. The number of para-hydroxylation sites is 2. The normalized spacial score (nSPS) is 11.5. The first kappa shape index (κ1) is 32.8. The Morgan fingerprint density at radius 2 is 0.842 bits per heavy atom. The first-order valence-corrected chi connectivity index (χ1v) is 19.4. The molecule has 11 aromatic rings. The molecule has 2 heterocycles. The molecule has 0 atom stereocenters. The van der Waals surface area contributed by atoms with Gasteiger partial charge in [-0.05, 0) is 100 Å². The molecule has 0 fully saturated rings. The van der Waals surface area contributed by atoms with Gasteiger partial charge >= 0.3 is 0 Å². The Kier molecular flexibility index (Phi) is 7.82.